The second-order valence-corrected chi connectivity index (χ2v) is 10.3. The fraction of sp³-hybridized carbons (Fsp3) is 0.385. The third-order valence-electron chi connectivity index (χ3n) is 7.28. The zero-order chi connectivity index (χ0) is 26.8. The Hall–Kier alpha value is -3.31. The van der Waals surface area contributed by atoms with Crippen molar-refractivity contribution >= 4 is 34.9 Å². The molecule has 1 aliphatic heterocycles. The smallest absolute Gasteiger partial charge is 0.497 e. The van der Waals surface area contributed by atoms with E-state index in [9.17, 15) is 13.2 Å². The second kappa shape index (κ2) is 8.63. The summed E-state index contributed by atoms with van der Waals surface area (Å²) >= 11 is 0. The van der Waals surface area contributed by atoms with Crippen LogP contribution in [0.4, 0.5) is 19.0 Å². The highest BCUT2D eigenvalue weighted by molar-refractivity contribution is 6.63. The van der Waals surface area contributed by atoms with Crippen molar-refractivity contribution in [3.63, 3.8) is 0 Å². The SMILES string of the molecule is COc1cc2c(cc1B1OC(C)(C)C(C)(C)O1)c(N[C@H](C)c1cccc(C(F)(F)F)c1)nc1cncn12. The van der Waals surface area contributed by atoms with Gasteiger partial charge in [-0.15, -0.1) is 0 Å². The molecule has 0 saturated carbocycles. The second-order valence-electron chi connectivity index (χ2n) is 10.3. The van der Waals surface area contributed by atoms with Crippen LogP contribution in [0.15, 0.2) is 48.9 Å². The van der Waals surface area contributed by atoms with E-state index in [-0.39, 0.29) is 0 Å². The van der Waals surface area contributed by atoms with E-state index >= 15 is 0 Å². The fourth-order valence-corrected chi connectivity index (χ4v) is 4.42. The zero-order valence-electron chi connectivity index (χ0n) is 21.5. The summed E-state index contributed by atoms with van der Waals surface area (Å²) in [5, 5.41) is 4.02. The van der Waals surface area contributed by atoms with Gasteiger partial charge in [0.1, 0.15) is 17.9 Å². The summed E-state index contributed by atoms with van der Waals surface area (Å²) in [4.78, 5) is 8.94. The molecule has 4 aromatic rings. The van der Waals surface area contributed by atoms with Crippen LogP contribution in [0.2, 0.25) is 0 Å². The lowest BCUT2D eigenvalue weighted by Crippen LogP contribution is -2.41. The van der Waals surface area contributed by atoms with Crippen molar-refractivity contribution in [1.82, 2.24) is 14.4 Å². The van der Waals surface area contributed by atoms with Crippen molar-refractivity contribution < 1.29 is 27.2 Å². The molecule has 194 valence electrons. The van der Waals surface area contributed by atoms with Gasteiger partial charge < -0.3 is 19.4 Å². The predicted octanol–water partition coefficient (Wildman–Crippen LogP) is 5.38. The average Bonchev–Trinajstić information content (AvgIpc) is 3.38. The minimum Gasteiger partial charge on any atom is -0.497 e. The highest BCUT2D eigenvalue weighted by Crippen LogP contribution is 2.38. The van der Waals surface area contributed by atoms with E-state index in [0.717, 1.165) is 23.0 Å². The Bertz CT molecular complexity index is 1470. The van der Waals surface area contributed by atoms with Gasteiger partial charge in [-0.25, -0.2) is 9.97 Å². The number of nitrogens with one attached hydrogen (secondary N) is 1. The Morgan fingerprint density at radius 3 is 2.43 bits per heavy atom. The summed E-state index contributed by atoms with van der Waals surface area (Å²) in [6, 6.07) is 8.57. The quantitative estimate of drug-likeness (QED) is 0.362. The molecule has 1 N–H and O–H groups in total. The number of aromatic nitrogens is 3. The largest absolute Gasteiger partial charge is 0.498 e. The Morgan fingerprint density at radius 1 is 1.08 bits per heavy atom. The molecule has 0 radical (unpaired) electrons. The summed E-state index contributed by atoms with van der Waals surface area (Å²) in [7, 11) is 0.897. The number of benzene rings is 2. The van der Waals surface area contributed by atoms with E-state index in [1.54, 1.807) is 32.6 Å². The van der Waals surface area contributed by atoms with Gasteiger partial charge in [0.25, 0.3) is 0 Å². The van der Waals surface area contributed by atoms with Crippen molar-refractivity contribution in [3.05, 3.63) is 60.0 Å². The monoisotopic (exact) mass is 512 g/mol. The number of hydrogen-bond donors (Lipinski definition) is 1. The molecular weight excluding hydrogens is 484 g/mol. The highest BCUT2D eigenvalue weighted by Gasteiger charge is 2.52. The van der Waals surface area contributed by atoms with Gasteiger partial charge in [-0.05, 0) is 58.4 Å². The van der Waals surface area contributed by atoms with Gasteiger partial charge in [-0.3, -0.25) is 4.40 Å². The third kappa shape index (κ3) is 4.40. The van der Waals surface area contributed by atoms with Gasteiger partial charge in [0.05, 0.1) is 35.6 Å². The van der Waals surface area contributed by atoms with E-state index in [0.29, 0.717) is 28.2 Å². The number of methoxy groups -OCH3 is 1. The van der Waals surface area contributed by atoms with Crippen molar-refractivity contribution in [3.8, 4) is 5.75 Å². The molecule has 7 nitrogen and oxygen atoms in total. The number of halogens is 3. The molecule has 0 unspecified atom stereocenters. The van der Waals surface area contributed by atoms with Crippen LogP contribution in [0.5, 0.6) is 5.75 Å². The standard InChI is InChI=1S/C26H28BF3N4O3/c1-15(16-8-7-9-17(10-16)26(28,29)30)32-23-18-11-19(27-36-24(2,3)25(4,5)37-27)21(35-6)12-20(18)34-14-31-13-22(34)33-23/h7-15H,1-6H3,(H,32,33)/t15-/m1/s1. The molecule has 0 bridgehead atoms. The number of anilines is 1. The lowest BCUT2D eigenvalue weighted by molar-refractivity contribution is -0.137. The van der Waals surface area contributed by atoms with Crippen LogP contribution in [0.3, 0.4) is 0 Å². The minimum absolute atomic E-state index is 0.467. The molecule has 0 spiro atoms. The molecule has 37 heavy (non-hydrogen) atoms. The first-order chi connectivity index (χ1) is 17.3. The first-order valence-corrected chi connectivity index (χ1v) is 11.9. The fourth-order valence-electron chi connectivity index (χ4n) is 4.42. The summed E-state index contributed by atoms with van der Waals surface area (Å²) < 4.78 is 60.0. The van der Waals surface area contributed by atoms with Crippen molar-refractivity contribution in [2.45, 2.75) is 58.0 Å². The molecule has 3 heterocycles. The molecule has 1 atom stereocenters. The molecule has 1 fully saturated rings. The Balaban J connectivity index is 1.62. The van der Waals surface area contributed by atoms with Gasteiger partial charge in [-0.1, -0.05) is 12.1 Å². The molecule has 0 amide bonds. The number of alkyl halides is 3. The molecule has 1 aliphatic rings. The summed E-state index contributed by atoms with van der Waals surface area (Å²) in [6.07, 6.45) is -1.15. The number of hydrogen-bond acceptors (Lipinski definition) is 6. The van der Waals surface area contributed by atoms with Crippen LogP contribution in [-0.4, -0.2) is 39.8 Å². The first-order valence-electron chi connectivity index (χ1n) is 11.9. The first kappa shape index (κ1) is 25.3. The van der Waals surface area contributed by atoms with Crippen molar-refractivity contribution in [2.75, 3.05) is 12.4 Å². The minimum atomic E-state index is -4.43. The maximum Gasteiger partial charge on any atom is 0.498 e. The Labute approximate surface area is 213 Å². The van der Waals surface area contributed by atoms with E-state index in [4.69, 9.17) is 19.0 Å². The van der Waals surface area contributed by atoms with Crippen LogP contribution >= 0.6 is 0 Å². The number of imidazole rings is 1. The van der Waals surface area contributed by atoms with Crippen LogP contribution in [0.1, 0.15) is 51.8 Å². The van der Waals surface area contributed by atoms with Crippen LogP contribution in [-0.2, 0) is 15.5 Å². The van der Waals surface area contributed by atoms with Crippen molar-refractivity contribution in [2.24, 2.45) is 0 Å². The topological polar surface area (TPSA) is 69.9 Å². The van der Waals surface area contributed by atoms with Crippen LogP contribution in [0, 0.1) is 0 Å². The molecule has 2 aromatic carbocycles. The Morgan fingerprint density at radius 2 is 1.78 bits per heavy atom. The highest BCUT2D eigenvalue weighted by atomic mass is 19.4. The predicted molar refractivity (Wildman–Crippen MR) is 136 cm³/mol. The van der Waals surface area contributed by atoms with E-state index < -0.39 is 36.1 Å². The third-order valence-corrected chi connectivity index (χ3v) is 7.28. The lowest BCUT2D eigenvalue weighted by atomic mass is 9.77. The van der Waals surface area contributed by atoms with Crippen molar-refractivity contribution in [1.29, 1.82) is 0 Å². The number of nitrogens with zero attached hydrogens (tertiary/aromatic N) is 3. The lowest BCUT2D eigenvalue weighted by Gasteiger charge is -2.32. The number of rotatable bonds is 5. The van der Waals surface area contributed by atoms with E-state index in [2.05, 4.69) is 10.3 Å². The zero-order valence-corrected chi connectivity index (χ0v) is 21.5. The number of fused-ring (bicyclic) bond motifs is 3. The van der Waals surface area contributed by atoms with E-state index in [1.165, 1.54) is 6.07 Å². The molecule has 5 rings (SSSR count). The van der Waals surface area contributed by atoms with Gasteiger partial charge in [0.2, 0.25) is 0 Å². The average molecular weight is 512 g/mol. The van der Waals surface area contributed by atoms with Crippen LogP contribution < -0.4 is 15.5 Å². The van der Waals surface area contributed by atoms with Crippen LogP contribution in [0.25, 0.3) is 16.6 Å². The maximum absolute atomic E-state index is 13.3. The normalized spacial score (nSPS) is 17.9. The summed E-state index contributed by atoms with van der Waals surface area (Å²) in [5.74, 6) is 1.07. The molecule has 2 aromatic heterocycles. The molecule has 0 aliphatic carbocycles. The maximum atomic E-state index is 13.3. The summed E-state index contributed by atoms with van der Waals surface area (Å²) in [6.45, 7) is 9.69. The number of ether oxygens (including phenoxy) is 1. The van der Waals surface area contributed by atoms with Gasteiger partial charge in [0, 0.05) is 23.0 Å². The molecule has 1 saturated heterocycles. The molecule has 11 heteroatoms. The molecular formula is C26H28BF3N4O3. The van der Waals surface area contributed by atoms with Gasteiger partial charge >= 0.3 is 13.3 Å². The Kier molecular flexibility index (Phi) is 5.91. The van der Waals surface area contributed by atoms with Gasteiger partial charge in [-0.2, -0.15) is 13.2 Å². The summed E-state index contributed by atoms with van der Waals surface area (Å²) in [5.41, 5.74) is 0.708. The van der Waals surface area contributed by atoms with E-state index in [1.807, 2.05) is 44.2 Å². The van der Waals surface area contributed by atoms with Gasteiger partial charge in [0.15, 0.2) is 5.65 Å².